The van der Waals surface area contributed by atoms with E-state index in [2.05, 4.69) is 34.9 Å². The molecule has 1 aliphatic carbocycles. The molecule has 0 bridgehead atoms. The van der Waals surface area contributed by atoms with E-state index >= 15 is 0 Å². The molecule has 0 amide bonds. The molecule has 25 heavy (non-hydrogen) atoms. The van der Waals surface area contributed by atoms with Crippen LogP contribution in [-0.4, -0.2) is 66.8 Å². The third-order valence-electron chi connectivity index (χ3n) is 6.44. The first-order valence-electron chi connectivity index (χ1n) is 10.3. The lowest BCUT2D eigenvalue weighted by Gasteiger charge is -2.38. The molecular formula is C19H38N4O2. The second kappa shape index (κ2) is 9.11. The van der Waals surface area contributed by atoms with Gasteiger partial charge in [0.05, 0.1) is 18.4 Å². The van der Waals surface area contributed by atoms with Gasteiger partial charge < -0.3 is 15.2 Å². The van der Waals surface area contributed by atoms with Crippen molar-refractivity contribution < 1.29 is 9.84 Å². The smallest absolute Gasteiger partial charge is 0.0694 e. The predicted molar refractivity (Wildman–Crippen MR) is 100 cm³/mol. The summed E-state index contributed by atoms with van der Waals surface area (Å²) in [5, 5.41) is 20.2. The van der Waals surface area contributed by atoms with Crippen molar-refractivity contribution in [3.8, 4) is 0 Å². The van der Waals surface area contributed by atoms with Gasteiger partial charge in [-0.2, -0.15) is 0 Å². The average Bonchev–Trinajstić information content (AvgIpc) is 2.98. The zero-order chi connectivity index (χ0) is 17.8. The van der Waals surface area contributed by atoms with Crippen LogP contribution in [0.4, 0.5) is 0 Å². The van der Waals surface area contributed by atoms with E-state index in [9.17, 15) is 5.11 Å². The van der Waals surface area contributed by atoms with Gasteiger partial charge in [-0.1, -0.05) is 6.42 Å². The summed E-state index contributed by atoms with van der Waals surface area (Å²) in [4.78, 5) is 0. The molecule has 1 saturated carbocycles. The van der Waals surface area contributed by atoms with Gasteiger partial charge in [0, 0.05) is 38.3 Å². The number of piperidine rings is 1. The highest BCUT2D eigenvalue weighted by Crippen LogP contribution is 2.28. The first-order valence-corrected chi connectivity index (χ1v) is 10.3. The standard InChI is InChI=1S/C19H38N4O2/c1-13-9-14(2)23(22-13)16-7-8-19(20-11-16)21-12-18(24)15-5-4-6-17(10-15)25-3/h13-22,24H,4-12H2,1-3H3/t13?,14?,15?,16?,17?,18-,19?/m1/s1. The Balaban J connectivity index is 1.36. The third kappa shape index (κ3) is 5.15. The van der Waals surface area contributed by atoms with Crippen molar-refractivity contribution in [2.75, 3.05) is 20.2 Å². The molecule has 3 fully saturated rings. The number of hydrogen-bond acceptors (Lipinski definition) is 6. The summed E-state index contributed by atoms with van der Waals surface area (Å²) in [6.45, 7) is 6.26. The molecule has 2 aliphatic heterocycles. The van der Waals surface area contributed by atoms with Gasteiger partial charge in [-0.05, 0) is 58.3 Å². The third-order valence-corrected chi connectivity index (χ3v) is 6.44. The maximum atomic E-state index is 10.5. The largest absolute Gasteiger partial charge is 0.392 e. The van der Waals surface area contributed by atoms with Crippen LogP contribution in [0.15, 0.2) is 0 Å². The van der Waals surface area contributed by atoms with Crippen molar-refractivity contribution in [1.82, 2.24) is 21.1 Å². The van der Waals surface area contributed by atoms with E-state index < -0.39 is 0 Å². The molecule has 3 rings (SSSR count). The van der Waals surface area contributed by atoms with E-state index in [4.69, 9.17) is 4.74 Å². The fraction of sp³-hybridized carbons (Fsp3) is 1.00. The Bertz CT molecular complexity index is 403. The van der Waals surface area contributed by atoms with Gasteiger partial charge in [0.2, 0.25) is 0 Å². The molecule has 3 aliphatic rings. The fourth-order valence-electron chi connectivity index (χ4n) is 4.95. The van der Waals surface area contributed by atoms with E-state index in [-0.39, 0.29) is 6.10 Å². The van der Waals surface area contributed by atoms with Crippen LogP contribution in [0.5, 0.6) is 0 Å². The number of hydrogen-bond donors (Lipinski definition) is 4. The molecule has 0 aromatic carbocycles. The summed E-state index contributed by atoms with van der Waals surface area (Å²) in [6, 6.07) is 1.78. The zero-order valence-electron chi connectivity index (χ0n) is 16.2. The van der Waals surface area contributed by atoms with Gasteiger partial charge in [-0.25, -0.2) is 5.01 Å². The Morgan fingerprint density at radius 2 is 2.04 bits per heavy atom. The SMILES string of the molecule is COC1CCCC([C@H](O)CNC2CCC(N3NC(C)CC3C)CN2)C1. The lowest BCUT2D eigenvalue weighted by molar-refractivity contribution is 0.00492. The van der Waals surface area contributed by atoms with E-state index in [1.54, 1.807) is 7.11 Å². The molecule has 0 spiro atoms. The highest BCUT2D eigenvalue weighted by molar-refractivity contribution is 4.89. The Labute approximate surface area is 153 Å². The number of methoxy groups -OCH3 is 1. The molecule has 0 radical (unpaired) electrons. The molecule has 4 N–H and O–H groups in total. The summed E-state index contributed by atoms with van der Waals surface area (Å²) in [5.41, 5.74) is 3.61. The summed E-state index contributed by atoms with van der Waals surface area (Å²) < 4.78 is 5.49. The monoisotopic (exact) mass is 354 g/mol. The molecule has 6 nitrogen and oxygen atoms in total. The number of ether oxygens (including phenoxy) is 1. The van der Waals surface area contributed by atoms with Gasteiger partial charge in [-0.3, -0.25) is 10.7 Å². The summed E-state index contributed by atoms with van der Waals surface area (Å²) in [6.07, 6.45) is 8.36. The average molecular weight is 355 g/mol. The molecule has 0 aromatic heterocycles. The molecule has 6 unspecified atom stereocenters. The van der Waals surface area contributed by atoms with Crippen LogP contribution in [0.1, 0.15) is 58.8 Å². The number of hydrazine groups is 1. The Hall–Kier alpha value is -0.240. The van der Waals surface area contributed by atoms with E-state index in [1.807, 2.05) is 0 Å². The van der Waals surface area contributed by atoms with Crippen LogP contribution < -0.4 is 16.1 Å². The summed E-state index contributed by atoms with van der Waals surface area (Å²) >= 11 is 0. The van der Waals surface area contributed by atoms with Crippen LogP contribution in [-0.2, 0) is 4.74 Å². The van der Waals surface area contributed by atoms with Gasteiger partial charge in [0.1, 0.15) is 0 Å². The Morgan fingerprint density at radius 3 is 2.68 bits per heavy atom. The van der Waals surface area contributed by atoms with Crippen molar-refractivity contribution in [2.45, 2.75) is 95.3 Å². The van der Waals surface area contributed by atoms with Crippen molar-refractivity contribution in [3.63, 3.8) is 0 Å². The van der Waals surface area contributed by atoms with Crippen molar-refractivity contribution in [3.05, 3.63) is 0 Å². The molecule has 0 aromatic rings. The second-order valence-corrected chi connectivity index (χ2v) is 8.47. The predicted octanol–water partition coefficient (Wildman–Crippen LogP) is 1.21. The van der Waals surface area contributed by atoms with E-state index in [1.165, 1.54) is 19.3 Å². The number of aliphatic hydroxyl groups excluding tert-OH is 1. The Kier molecular flexibility index (Phi) is 7.11. The topological polar surface area (TPSA) is 68.8 Å². The van der Waals surface area contributed by atoms with E-state index in [0.29, 0.717) is 42.9 Å². The number of nitrogens with zero attached hydrogens (tertiary/aromatic N) is 1. The molecule has 7 atom stereocenters. The number of rotatable bonds is 6. The van der Waals surface area contributed by atoms with Gasteiger partial charge >= 0.3 is 0 Å². The Morgan fingerprint density at radius 1 is 1.20 bits per heavy atom. The minimum Gasteiger partial charge on any atom is -0.392 e. The van der Waals surface area contributed by atoms with Gasteiger partial charge in [0.15, 0.2) is 0 Å². The number of nitrogens with one attached hydrogen (secondary N) is 3. The van der Waals surface area contributed by atoms with Crippen LogP contribution in [0.3, 0.4) is 0 Å². The molecule has 2 heterocycles. The van der Waals surface area contributed by atoms with Crippen molar-refractivity contribution in [2.24, 2.45) is 5.92 Å². The molecule has 6 heteroatoms. The first-order chi connectivity index (χ1) is 12.1. The molecule has 2 saturated heterocycles. The maximum absolute atomic E-state index is 10.5. The highest BCUT2D eigenvalue weighted by atomic mass is 16.5. The highest BCUT2D eigenvalue weighted by Gasteiger charge is 2.34. The second-order valence-electron chi connectivity index (χ2n) is 8.47. The fourth-order valence-corrected chi connectivity index (χ4v) is 4.95. The van der Waals surface area contributed by atoms with Gasteiger partial charge in [0.25, 0.3) is 0 Å². The van der Waals surface area contributed by atoms with Crippen LogP contribution in [0, 0.1) is 5.92 Å². The molecular weight excluding hydrogens is 316 g/mol. The summed E-state index contributed by atoms with van der Waals surface area (Å²) in [7, 11) is 1.79. The lowest BCUT2D eigenvalue weighted by atomic mass is 9.83. The van der Waals surface area contributed by atoms with Crippen LogP contribution in [0.2, 0.25) is 0 Å². The van der Waals surface area contributed by atoms with E-state index in [0.717, 1.165) is 32.2 Å². The first kappa shape index (κ1) is 19.5. The van der Waals surface area contributed by atoms with Crippen LogP contribution in [0.25, 0.3) is 0 Å². The quantitative estimate of drug-likeness (QED) is 0.575. The number of aliphatic hydroxyl groups is 1. The van der Waals surface area contributed by atoms with Crippen molar-refractivity contribution in [1.29, 1.82) is 0 Å². The minimum atomic E-state index is -0.265. The van der Waals surface area contributed by atoms with Crippen molar-refractivity contribution >= 4 is 0 Å². The minimum absolute atomic E-state index is 0.265. The summed E-state index contributed by atoms with van der Waals surface area (Å²) in [5.74, 6) is 0.374. The van der Waals surface area contributed by atoms with Crippen LogP contribution >= 0.6 is 0 Å². The molecule has 146 valence electrons. The lowest BCUT2D eigenvalue weighted by Crippen LogP contribution is -2.58. The maximum Gasteiger partial charge on any atom is 0.0694 e. The zero-order valence-corrected chi connectivity index (χ0v) is 16.2. The normalized spacial score (nSPS) is 41.8. The van der Waals surface area contributed by atoms with Gasteiger partial charge in [-0.15, -0.1) is 0 Å².